The molecule has 3 heteroatoms. The van der Waals surface area contributed by atoms with Crippen molar-refractivity contribution in [1.82, 2.24) is 0 Å². The maximum atomic E-state index is 6.34. The number of benzene rings is 2. The molecule has 0 radical (unpaired) electrons. The molecule has 0 bridgehead atoms. The zero-order chi connectivity index (χ0) is 14.3. The third kappa shape index (κ3) is 2.36. The number of fused-ring (bicyclic) bond motifs is 1. The Bertz CT molecular complexity index is 633. The number of nitrogens with two attached hydrogens (primary N) is 1. The van der Waals surface area contributed by atoms with E-state index in [9.17, 15) is 0 Å². The van der Waals surface area contributed by atoms with E-state index < -0.39 is 0 Å². The zero-order valence-electron chi connectivity index (χ0n) is 11.7. The minimum Gasteiger partial charge on any atom is -0.485 e. The van der Waals surface area contributed by atoms with Crippen molar-refractivity contribution in [2.45, 2.75) is 32.4 Å². The molecule has 1 unspecified atom stereocenters. The van der Waals surface area contributed by atoms with E-state index >= 15 is 0 Å². The number of rotatable bonds is 1. The van der Waals surface area contributed by atoms with Crippen LogP contribution in [0.15, 0.2) is 40.9 Å². The first-order valence-corrected chi connectivity index (χ1v) is 7.63. The van der Waals surface area contributed by atoms with Crippen molar-refractivity contribution in [2.75, 3.05) is 0 Å². The average Bonchev–Trinajstić information content (AvgIpc) is 2.39. The molecule has 0 spiro atoms. The van der Waals surface area contributed by atoms with Crippen molar-refractivity contribution in [3.05, 3.63) is 63.1 Å². The molecule has 2 N–H and O–H groups in total. The molecule has 0 saturated carbocycles. The van der Waals surface area contributed by atoms with Gasteiger partial charge in [-0.2, -0.15) is 0 Å². The van der Waals surface area contributed by atoms with Crippen LogP contribution in [0.25, 0.3) is 0 Å². The summed E-state index contributed by atoms with van der Waals surface area (Å²) in [6.45, 7) is 4.27. The highest BCUT2D eigenvalue weighted by molar-refractivity contribution is 9.10. The topological polar surface area (TPSA) is 35.2 Å². The second-order valence-corrected chi connectivity index (χ2v) is 6.35. The predicted octanol–water partition coefficient (Wildman–Crippen LogP) is 4.59. The van der Waals surface area contributed by atoms with Gasteiger partial charge in [0.2, 0.25) is 0 Å². The number of hydrogen-bond acceptors (Lipinski definition) is 2. The van der Waals surface area contributed by atoms with E-state index in [4.69, 9.17) is 10.5 Å². The predicted molar refractivity (Wildman–Crippen MR) is 85.0 cm³/mol. The summed E-state index contributed by atoms with van der Waals surface area (Å²) in [5, 5.41) is 0. The van der Waals surface area contributed by atoms with Crippen molar-refractivity contribution in [3.8, 4) is 5.75 Å². The number of aryl methyl sites for hydroxylation is 2. The van der Waals surface area contributed by atoms with Crippen LogP contribution in [0.4, 0.5) is 0 Å². The molecular weight excluding hydrogens is 314 g/mol. The highest BCUT2D eigenvalue weighted by Crippen LogP contribution is 2.42. The second kappa shape index (κ2) is 5.23. The molecule has 0 aromatic heterocycles. The molecule has 1 aliphatic rings. The van der Waals surface area contributed by atoms with Crippen molar-refractivity contribution >= 4 is 15.9 Å². The molecule has 0 aliphatic carbocycles. The van der Waals surface area contributed by atoms with E-state index in [0.29, 0.717) is 0 Å². The van der Waals surface area contributed by atoms with E-state index in [1.54, 1.807) is 0 Å². The van der Waals surface area contributed by atoms with Gasteiger partial charge in [-0.3, -0.25) is 0 Å². The lowest BCUT2D eigenvalue weighted by Crippen LogP contribution is -2.25. The molecule has 2 aromatic rings. The minimum atomic E-state index is 0.0141. The summed E-state index contributed by atoms with van der Waals surface area (Å²) in [5.74, 6) is 0.902. The highest BCUT2D eigenvalue weighted by atomic mass is 79.9. The van der Waals surface area contributed by atoms with Gasteiger partial charge in [0.25, 0.3) is 0 Å². The van der Waals surface area contributed by atoms with Crippen LogP contribution >= 0.6 is 15.9 Å². The molecule has 0 amide bonds. The van der Waals surface area contributed by atoms with Crippen LogP contribution < -0.4 is 10.5 Å². The van der Waals surface area contributed by atoms with Crippen molar-refractivity contribution in [2.24, 2.45) is 5.73 Å². The zero-order valence-corrected chi connectivity index (χ0v) is 13.3. The van der Waals surface area contributed by atoms with Gasteiger partial charge >= 0.3 is 0 Å². The summed E-state index contributed by atoms with van der Waals surface area (Å²) in [6, 6.07) is 12.4. The summed E-state index contributed by atoms with van der Waals surface area (Å²) in [4.78, 5) is 0. The maximum absolute atomic E-state index is 6.34. The smallest absolute Gasteiger partial charge is 0.126 e. The van der Waals surface area contributed by atoms with Gasteiger partial charge in [0.05, 0.1) is 0 Å². The van der Waals surface area contributed by atoms with Crippen LogP contribution in [-0.2, 0) is 0 Å². The fraction of sp³-hybridized carbons (Fsp3) is 0.294. The molecule has 0 saturated heterocycles. The SMILES string of the molecule is Cc1cccc(C)c1C1C[C@@H](N)c2cc(Br)ccc2O1. The lowest BCUT2D eigenvalue weighted by Gasteiger charge is -2.32. The van der Waals surface area contributed by atoms with Gasteiger partial charge in [0, 0.05) is 22.5 Å². The van der Waals surface area contributed by atoms with Gasteiger partial charge in [-0.15, -0.1) is 0 Å². The lowest BCUT2D eigenvalue weighted by molar-refractivity contribution is 0.160. The largest absolute Gasteiger partial charge is 0.485 e. The summed E-state index contributed by atoms with van der Waals surface area (Å²) in [6.07, 6.45) is 0.856. The normalized spacial score (nSPS) is 21.2. The van der Waals surface area contributed by atoms with E-state index in [-0.39, 0.29) is 12.1 Å². The molecule has 3 rings (SSSR count). The summed E-state index contributed by atoms with van der Waals surface area (Å²) >= 11 is 3.49. The Kier molecular flexibility index (Phi) is 3.57. The first-order chi connectivity index (χ1) is 9.56. The summed E-state index contributed by atoms with van der Waals surface area (Å²) < 4.78 is 7.25. The quantitative estimate of drug-likeness (QED) is 0.829. The number of hydrogen-bond donors (Lipinski definition) is 1. The Morgan fingerprint density at radius 3 is 2.55 bits per heavy atom. The minimum absolute atomic E-state index is 0.0141. The fourth-order valence-electron chi connectivity index (χ4n) is 2.99. The average molecular weight is 332 g/mol. The standard InChI is InChI=1S/C17H18BrNO/c1-10-4-3-5-11(2)17(10)16-9-14(19)13-8-12(18)6-7-15(13)20-16/h3-8,14,16H,9,19H2,1-2H3/t14-,16?/m1/s1. The van der Waals surface area contributed by atoms with Crippen molar-refractivity contribution in [1.29, 1.82) is 0 Å². The van der Waals surface area contributed by atoms with E-state index in [1.807, 2.05) is 12.1 Å². The highest BCUT2D eigenvalue weighted by Gasteiger charge is 2.28. The third-order valence-electron chi connectivity index (χ3n) is 3.97. The van der Waals surface area contributed by atoms with Crippen LogP contribution in [-0.4, -0.2) is 0 Å². The molecule has 2 aromatic carbocycles. The first-order valence-electron chi connectivity index (χ1n) is 6.84. The van der Waals surface area contributed by atoms with Gasteiger partial charge in [-0.25, -0.2) is 0 Å². The van der Waals surface area contributed by atoms with Gasteiger partial charge in [-0.05, 0) is 48.7 Å². The summed E-state index contributed by atoms with van der Waals surface area (Å²) in [7, 11) is 0. The molecule has 2 atom stereocenters. The Morgan fingerprint density at radius 2 is 1.85 bits per heavy atom. The van der Waals surface area contributed by atoms with Crippen LogP contribution in [0.3, 0.4) is 0 Å². The Balaban J connectivity index is 2.01. The number of ether oxygens (including phenoxy) is 1. The molecule has 2 nitrogen and oxygen atoms in total. The lowest BCUT2D eigenvalue weighted by atomic mass is 9.89. The number of halogens is 1. The van der Waals surface area contributed by atoms with Gasteiger partial charge in [0.15, 0.2) is 0 Å². The van der Waals surface area contributed by atoms with Crippen LogP contribution in [0, 0.1) is 13.8 Å². The molecule has 20 heavy (non-hydrogen) atoms. The van der Waals surface area contributed by atoms with Crippen molar-refractivity contribution < 1.29 is 4.74 Å². The molecule has 1 aliphatic heterocycles. The van der Waals surface area contributed by atoms with Gasteiger partial charge in [-0.1, -0.05) is 34.1 Å². The Hall–Kier alpha value is -1.32. The van der Waals surface area contributed by atoms with E-state index in [2.05, 4.69) is 54.0 Å². The molecular formula is C17H18BrNO. The maximum Gasteiger partial charge on any atom is 0.126 e. The van der Waals surface area contributed by atoms with Crippen LogP contribution in [0.2, 0.25) is 0 Å². The molecule has 0 fully saturated rings. The summed E-state index contributed by atoms with van der Waals surface area (Å²) in [5.41, 5.74) is 11.2. The second-order valence-electron chi connectivity index (χ2n) is 5.44. The van der Waals surface area contributed by atoms with Crippen molar-refractivity contribution in [3.63, 3.8) is 0 Å². The first kappa shape index (κ1) is 13.7. The Morgan fingerprint density at radius 1 is 1.15 bits per heavy atom. The monoisotopic (exact) mass is 331 g/mol. The fourth-order valence-corrected chi connectivity index (χ4v) is 3.37. The third-order valence-corrected chi connectivity index (χ3v) is 4.47. The van der Waals surface area contributed by atoms with Gasteiger partial charge in [0.1, 0.15) is 11.9 Å². The van der Waals surface area contributed by atoms with Crippen LogP contribution in [0.1, 0.15) is 40.8 Å². The Labute approximate surface area is 128 Å². The molecule has 1 heterocycles. The van der Waals surface area contributed by atoms with E-state index in [1.165, 1.54) is 16.7 Å². The van der Waals surface area contributed by atoms with Gasteiger partial charge < -0.3 is 10.5 Å². The molecule has 104 valence electrons. The van der Waals surface area contributed by atoms with Crippen LogP contribution in [0.5, 0.6) is 5.75 Å². The van der Waals surface area contributed by atoms with E-state index in [0.717, 1.165) is 22.2 Å².